The molecule has 2 aromatic rings. The molecule has 2 rings (SSSR count). The summed E-state index contributed by atoms with van der Waals surface area (Å²) in [5, 5.41) is 16.5. The van der Waals surface area contributed by atoms with Gasteiger partial charge in [-0.3, -0.25) is 4.79 Å². The van der Waals surface area contributed by atoms with Gasteiger partial charge in [0.15, 0.2) is 0 Å². The summed E-state index contributed by atoms with van der Waals surface area (Å²) in [5.74, 6) is -0.134. The molecule has 0 bridgehead atoms. The van der Waals surface area contributed by atoms with Gasteiger partial charge in [-0.25, -0.2) is 9.67 Å². The van der Waals surface area contributed by atoms with Gasteiger partial charge in [-0.1, -0.05) is 13.8 Å². The zero-order valence-corrected chi connectivity index (χ0v) is 13.0. The Kier molecular flexibility index (Phi) is 5.27. The van der Waals surface area contributed by atoms with Crippen LogP contribution in [0.4, 0.5) is 0 Å². The first kappa shape index (κ1) is 16.2. The number of hydrogen-bond donors (Lipinski definition) is 2. The van der Waals surface area contributed by atoms with Crippen LogP contribution in [-0.4, -0.2) is 38.9 Å². The molecule has 0 unspecified atom stereocenters. The number of aromatic nitrogens is 3. The molecule has 1 aromatic carbocycles. The maximum atomic E-state index is 12.2. The van der Waals surface area contributed by atoms with Crippen molar-refractivity contribution in [2.75, 3.05) is 13.2 Å². The second kappa shape index (κ2) is 7.17. The SMILES string of the molecule is CCC(CC)(CO)CNC(=O)c1ccc(-n2cncn2)cc1. The van der Waals surface area contributed by atoms with Gasteiger partial charge in [-0.05, 0) is 37.1 Å². The zero-order chi connectivity index (χ0) is 16.0. The molecule has 0 aliphatic carbocycles. The van der Waals surface area contributed by atoms with Gasteiger partial charge in [0.2, 0.25) is 0 Å². The lowest BCUT2D eigenvalue weighted by Gasteiger charge is -2.29. The largest absolute Gasteiger partial charge is 0.396 e. The summed E-state index contributed by atoms with van der Waals surface area (Å²) in [7, 11) is 0. The van der Waals surface area contributed by atoms with Crippen molar-refractivity contribution in [3.63, 3.8) is 0 Å². The fourth-order valence-electron chi connectivity index (χ4n) is 2.26. The van der Waals surface area contributed by atoms with E-state index in [2.05, 4.69) is 15.4 Å². The van der Waals surface area contributed by atoms with Crippen LogP contribution in [0.1, 0.15) is 37.0 Å². The quantitative estimate of drug-likeness (QED) is 0.817. The van der Waals surface area contributed by atoms with E-state index in [4.69, 9.17) is 0 Å². The van der Waals surface area contributed by atoms with Gasteiger partial charge in [-0.15, -0.1) is 0 Å². The van der Waals surface area contributed by atoms with Crippen molar-refractivity contribution in [2.45, 2.75) is 26.7 Å². The number of nitrogens with one attached hydrogen (secondary N) is 1. The molecular formula is C16H22N4O2. The summed E-state index contributed by atoms with van der Waals surface area (Å²) in [6.45, 7) is 4.60. The molecule has 6 nitrogen and oxygen atoms in total. The van der Waals surface area contributed by atoms with Gasteiger partial charge in [0.25, 0.3) is 5.91 Å². The first-order chi connectivity index (χ1) is 10.6. The number of hydrogen-bond acceptors (Lipinski definition) is 4. The lowest BCUT2D eigenvalue weighted by Crippen LogP contribution is -2.39. The molecule has 0 atom stereocenters. The summed E-state index contributed by atoms with van der Waals surface area (Å²) >= 11 is 0. The number of benzene rings is 1. The number of amides is 1. The Morgan fingerprint density at radius 2 is 1.95 bits per heavy atom. The fraction of sp³-hybridized carbons (Fsp3) is 0.438. The Balaban J connectivity index is 2.01. The number of aliphatic hydroxyl groups is 1. The van der Waals surface area contributed by atoms with Gasteiger partial charge in [0.1, 0.15) is 12.7 Å². The normalized spacial score (nSPS) is 11.4. The van der Waals surface area contributed by atoms with E-state index in [1.165, 1.54) is 6.33 Å². The third-order valence-corrected chi connectivity index (χ3v) is 4.27. The molecule has 0 radical (unpaired) electrons. The number of carbonyl (C=O) groups is 1. The van der Waals surface area contributed by atoms with Gasteiger partial charge in [0.05, 0.1) is 12.3 Å². The van der Waals surface area contributed by atoms with Crippen molar-refractivity contribution < 1.29 is 9.90 Å². The molecule has 1 aromatic heterocycles. The number of rotatable bonds is 7. The topological polar surface area (TPSA) is 80.0 Å². The molecule has 0 saturated heterocycles. The monoisotopic (exact) mass is 302 g/mol. The third-order valence-electron chi connectivity index (χ3n) is 4.27. The van der Waals surface area contributed by atoms with Crippen LogP contribution in [-0.2, 0) is 0 Å². The van der Waals surface area contributed by atoms with Gasteiger partial charge in [0, 0.05) is 17.5 Å². The summed E-state index contributed by atoms with van der Waals surface area (Å²) < 4.78 is 1.63. The second-order valence-corrected chi connectivity index (χ2v) is 5.43. The molecule has 1 amide bonds. The Morgan fingerprint density at radius 1 is 1.27 bits per heavy atom. The minimum Gasteiger partial charge on any atom is -0.396 e. The van der Waals surface area contributed by atoms with Gasteiger partial charge >= 0.3 is 0 Å². The Labute approximate surface area is 130 Å². The molecule has 0 saturated carbocycles. The van der Waals surface area contributed by atoms with Crippen LogP contribution in [0.25, 0.3) is 5.69 Å². The predicted octanol–water partition coefficient (Wildman–Crippen LogP) is 1.80. The zero-order valence-electron chi connectivity index (χ0n) is 13.0. The van der Waals surface area contributed by atoms with Crippen LogP contribution in [0.5, 0.6) is 0 Å². The summed E-state index contributed by atoms with van der Waals surface area (Å²) in [6.07, 6.45) is 4.72. The lowest BCUT2D eigenvalue weighted by atomic mass is 9.83. The molecule has 2 N–H and O–H groups in total. The maximum absolute atomic E-state index is 12.2. The minimum atomic E-state index is -0.240. The first-order valence-corrected chi connectivity index (χ1v) is 7.48. The highest BCUT2D eigenvalue weighted by Gasteiger charge is 2.25. The van der Waals surface area contributed by atoms with Crippen LogP contribution in [0.15, 0.2) is 36.9 Å². The fourth-order valence-corrected chi connectivity index (χ4v) is 2.26. The average molecular weight is 302 g/mol. The van der Waals surface area contributed by atoms with E-state index in [1.807, 2.05) is 26.0 Å². The molecular weight excluding hydrogens is 280 g/mol. The highest BCUT2D eigenvalue weighted by atomic mass is 16.3. The van der Waals surface area contributed by atoms with Crippen molar-refractivity contribution in [3.8, 4) is 5.69 Å². The van der Waals surface area contributed by atoms with Crippen molar-refractivity contribution in [2.24, 2.45) is 5.41 Å². The summed E-state index contributed by atoms with van der Waals surface area (Å²) in [6, 6.07) is 7.15. The molecule has 0 spiro atoms. The number of nitrogens with zero attached hydrogens (tertiary/aromatic N) is 3. The highest BCUT2D eigenvalue weighted by Crippen LogP contribution is 2.24. The van der Waals surface area contributed by atoms with E-state index in [-0.39, 0.29) is 17.9 Å². The minimum absolute atomic E-state index is 0.0749. The second-order valence-electron chi connectivity index (χ2n) is 5.43. The molecule has 22 heavy (non-hydrogen) atoms. The first-order valence-electron chi connectivity index (χ1n) is 7.48. The van der Waals surface area contributed by atoms with Crippen molar-refractivity contribution in [1.29, 1.82) is 0 Å². The van der Waals surface area contributed by atoms with E-state index in [0.717, 1.165) is 18.5 Å². The van der Waals surface area contributed by atoms with Crippen LogP contribution >= 0.6 is 0 Å². The Hall–Kier alpha value is -2.21. The number of aliphatic hydroxyl groups excluding tert-OH is 1. The average Bonchev–Trinajstić information content (AvgIpc) is 3.11. The number of carbonyl (C=O) groups excluding carboxylic acids is 1. The summed E-state index contributed by atoms with van der Waals surface area (Å²) in [4.78, 5) is 16.1. The molecule has 118 valence electrons. The van der Waals surface area contributed by atoms with Gasteiger partial charge < -0.3 is 10.4 Å². The standard InChI is InChI=1S/C16H22N4O2/c1-3-16(4-2,10-21)9-18-15(22)13-5-7-14(8-6-13)20-12-17-11-19-20/h5-8,11-12,21H,3-4,9-10H2,1-2H3,(H,18,22). The maximum Gasteiger partial charge on any atom is 0.251 e. The Morgan fingerprint density at radius 3 is 2.45 bits per heavy atom. The Bertz CT molecular complexity index is 581. The molecule has 0 fully saturated rings. The van der Waals surface area contributed by atoms with Crippen LogP contribution in [0.3, 0.4) is 0 Å². The molecule has 0 aliphatic heterocycles. The van der Waals surface area contributed by atoms with Crippen molar-refractivity contribution in [3.05, 3.63) is 42.5 Å². The van der Waals surface area contributed by atoms with E-state index >= 15 is 0 Å². The van der Waals surface area contributed by atoms with E-state index in [1.54, 1.807) is 23.1 Å². The van der Waals surface area contributed by atoms with Crippen molar-refractivity contribution in [1.82, 2.24) is 20.1 Å². The third kappa shape index (κ3) is 3.51. The highest BCUT2D eigenvalue weighted by molar-refractivity contribution is 5.94. The molecule has 0 aliphatic rings. The van der Waals surface area contributed by atoms with Gasteiger partial charge in [-0.2, -0.15) is 5.10 Å². The van der Waals surface area contributed by atoms with Crippen LogP contribution in [0, 0.1) is 5.41 Å². The van der Waals surface area contributed by atoms with Crippen LogP contribution < -0.4 is 5.32 Å². The summed E-state index contributed by atoms with van der Waals surface area (Å²) in [5.41, 5.74) is 1.19. The van der Waals surface area contributed by atoms with Crippen molar-refractivity contribution >= 4 is 5.91 Å². The van der Waals surface area contributed by atoms with E-state index < -0.39 is 0 Å². The van der Waals surface area contributed by atoms with E-state index in [0.29, 0.717) is 12.1 Å². The molecule has 1 heterocycles. The molecule has 6 heteroatoms. The predicted molar refractivity (Wildman–Crippen MR) is 83.8 cm³/mol. The smallest absolute Gasteiger partial charge is 0.251 e. The lowest BCUT2D eigenvalue weighted by molar-refractivity contribution is 0.0851. The van der Waals surface area contributed by atoms with E-state index in [9.17, 15) is 9.90 Å². The van der Waals surface area contributed by atoms with Crippen LogP contribution in [0.2, 0.25) is 0 Å².